The zero-order valence-electron chi connectivity index (χ0n) is 19.1. The quantitative estimate of drug-likeness (QED) is 0.498. The molecule has 0 saturated carbocycles. The summed E-state index contributed by atoms with van der Waals surface area (Å²) < 4.78 is 39.3. The Morgan fingerprint density at radius 3 is 2.24 bits per heavy atom. The summed E-state index contributed by atoms with van der Waals surface area (Å²) in [6.07, 6.45) is 0.185. The van der Waals surface area contributed by atoms with Gasteiger partial charge in [0.15, 0.2) is 11.5 Å². The Morgan fingerprint density at radius 1 is 0.909 bits per heavy atom. The van der Waals surface area contributed by atoms with Gasteiger partial charge in [0.05, 0.1) is 19.1 Å². The van der Waals surface area contributed by atoms with Gasteiger partial charge in [-0.3, -0.25) is 4.79 Å². The molecule has 7 nitrogen and oxygen atoms in total. The van der Waals surface area contributed by atoms with Gasteiger partial charge < -0.3 is 14.8 Å². The molecule has 174 valence electrons. The number of hydrogen-bond acceptors (Lipinski definition) is 5. The minimum absolute atomic E-state index is 0.0301. The number of carbonyl (C=O) groups excluding carboxylic acids is 1. The molecule has 2 N–H and O–H groups in total. The molecular weight excluding hydrogens is 440 g/mol. The van der Waals surface area contributed by atoms with E-state index in [4.69, 9.17) is 9.47 Å². The zero-order chi connectivity index (χ0) is 24.0. The van der Waals surface area contributed by atoms with Gasteiger partial charge in [0, 0.05) is 11.8 Å². The van der Waals surface area contributed by atoms with E-state index < -0.39 is 22.0 Å². The normalized spacial score (nSPS) is 12.1. The Kier molecular flexibility index (Phi) is 7.73. The van der Waals surface area contributed by atoms with Gasteiger partial charge in [0.25, 0.3) is 0 Å². The van der Waals surface area contributed by atoms with Crippen LogP contribution in [0.2, 0.25) is 0 Å². The van der Waals surface area contributed by atoms with Crippen molar-refractivity contribution in [3.8, 4) is 11.5 Å². The van der Waals surface area contributed by atoms with Crippen LogP contribution in [-0.2, 0) is 21.2 Å². The summed E-state index contributed by atoms with van der Waals surface area (Å²) in [5, 5.41) is 2.86. The van der Waals surface area contributed by atoms with E-state index in [0.29, 0.717) is 11.4 Å². The third-order valence-corrected chi connectivity index (χ3v) is 6.67. The second-order valence-corrected chi connectivity index (χ2v) is 9.40. The molecule has 3 aromatic rings. The lowest BCUT2D eigenvalue weighted by Gasteiger charge is -2.20. The Labute approximate surface area is 194 Å². The number of hydrogen-bond donors (Lipinski definition) is 2. The van der Waals surface area contributed by atoms with E-state index in [1.54, 1.807) is 0 Å². The molecule has 1 amide bonds. The summed E-state index contributed by atoms with van der Waals surface area (Å²) in [4.78, 5) is 13.2. The van der Waals surface area contributed by atoms with E-state index in [2.05, 4.69) is 10.0 Å². The Bertz CT molecular complexity index is 1230. The van der Waals surface area contributed by atoms with Crippen molar-refractivity contribution in [2.24, 2.45) is 0 Å². The third-order valence-electron chi connectivity index (χ3n) is 5.20. The monoisotopic (exact) mass is 468 g/mol. The predicted molar refractivity (Wildman–Crippen MR) is 128 cm³/mol. The summed E-state index contributed by atoms with van der Waals surface area (Å²) in [6.45, 7) is 3.86. The number of aryl methyl sites for hydroxylation is 2. The van der Waals surface area contributed by atoms with Crippen LogP contribution in [0, 0.1) is 13.8 Å². The number of rotatable bonds is 9. The van der Waals surface area contributed by atoms with Crippen molar-refractivity contribution < 1.29 is 22.7 Å². The molecule has 8 heteroatoms. The number of ether oxygens (including phenoxy) is 2. The van der Waals surface area contributed by atoms with E-state index in [1.807, 2.05) is 62.4 Å². The van der Waals surface area contributed by atoms with Crippen LogP contribution in [0.15, 0.2) is 71.6 Å². The van der Waals surface area contributed by atoms with E-state index >= 15 is 0 Å². The molecule has 3 rings (SSSR count). The summed E-state index contributed by atoms with van der Waals surface area (Å²) in [7, 11) is -1.14. The number of anilines is 1. The van der Waals surface area contributed by atoms with Gasteiger partial charge in [-0.2, -0.15) is 4.72 Å². The van der Waals surface area contributed by atoms with Crippen molar-refractivity contribution in [2.75, 3.05) is 19.5 Å². The average Bonchev–Trinajstić information content (AvgIpc) is 2.80. The molecule has 0 aromatic heterocycles. The molecule has 0 saturated heterocycles. The fraction of sp³-hybridized carbons (Fsp3) is 0.240. The van der Waals surface area contributed by atoms with Crippen LogP contribution >= 0.6 is 0 Å². The highest BCUT2D eigenvalue weighted by Crippen LogP contribution is 2.29. The van der Waals surface area contributed by atoms with Crippen LogP contribution in [-0.4, -0.2) is 34.6 Å². The topological polar surface area (TPSA) is 93.7 Å². The predicted octanol–water partition coefficient (Wildman–Crippen LogP) is 3.85. The van der Waals surface area contributed by atoms with Gasteiger partial charge in [-0.25, -0.2) is 8.42 Å². The molecule has 0 heterocycles. The number of carbonyl (C=O) groups is 1. The van der Waals surface area contributed by atoms with Gasteiger partial charge >= 0.3 is 0 Å². The van der Waals surface area contributed by atoms with Gasteiger partial charge in [0.1, 0.15) is 6.04 Å². The lowest BCUT2D eigenvalue weighted by Crippen LogP contribution is -2.45. The van der Waals surface area contributed by atoms with Crippen LogP contribution in [0.25, 0.3) is 0 Å². The number of methoxy groups -OCH3 is 2. The molecule has 0 fully saturated rings. The lowest BCUT2D eigenvalue weighted by atomic mass is 10.1. The fourth-order valence-corrected chi connectivity index (χ4v) is 4.66. The van der Waals surface area contributed by atoms with Crippen molar-refractivity contribution in [3.05, 3.63) is 83.4 Å². The molecule has 1 atom stereocenters. The Balaban J connectivity index is 1.91. The molecule has 0 radical (unpaired) electrons. The SMILES string of the molecule is COc1ccc(S(=O)(=O)N[C@@H](Cc2ccccc2)C(=O)Nc2ccc(C)cc2C)cc1OC. The van der Waals surface area contributed by atoms with Gasteiger partial charge in [-0.15, -0.1) is 0 Å². The molecular formula is C25H28N2O5S. The minimum Gasteiger partial charge on any atom is -0.493 e. The van der Waals surface area contributed by atoms with Crippen LogP contribution in [0.3, 0.4) is 0 Å². The Hall–Kier alpha value is -3.36. The number of amides is 1. The van der Waals surface area contributed by atoms with E-state index in [-0.39, 0.29) is 17.1 Å². The standard InChI is InChI=1S/C25H28N2O5S/c1-17-10-12-21(18(2)14-17)26-25(28)22(15-19-8-6-5-7-9-19)27-33(29,30)20-11-13-23(31-3)24(16-20)32-4/h5-14,16,22,27H,15H2,1-4H3,(H,26,28)/t22-/m0/s1. The van der Waals surface area contributed by atoms with Gasteiger partial charge in [0.2, 0.25) is 15.9 Å². The molecule has 0 unspecified atom stereocenters. The first-order valence-corrected chi connectivity index (χ1v) is 11.9. The first-order chi connectivity index (χ1) is 15.7. The first kappa shape index (κ1) is 24.3. The second kappa shape index (κ2) is 10.5. The lowest BCUT2D eigenvalue weighted by molar-refractivity contribution is -0.117. The summed E-state index contributed by atoms with van der Waals surface area (Å²) in [5.74, 6) is 0.236. The Morgan fingerprint density at radius 2 is 1.61 bits per heavy atom. The van der Waals surface area contributed by atoms with Crippen LogP contribution in [0.1, 0.15) is 16.7 Å². The van der Waals surface area contributed by atoms with Crippen LogP contribution in [0.5, 0.6) is 11.5 Å². The van der Waals surface area contributed by atoms with E-state index in [0.717, 1.165) is 16.7 Å². The number of sulfonamides is 1. The van der Waals surface area contributed by atoms with Crippen LogP contribution in [0.4, 0.5) is 5.69 Å². The minimum atomic E-state index is -4.04. The fourth-order valence-electron chi connectivity index (χ4n) is 3.45. The summed E-state index contributed by atoms with van der Waals surface area (Å²) >= 11 is 0. The molecule has 0 aliphatic rings. The maximum absolute atomic E-state index is 13.2. The summed E-state index contributed by atoms with van der Waals surface area (Å²) in [6, 6.07) is 18.2. The highest BCUT2D eigenvalue weighted by atomic mass is 32.2. The highest BCUT2D eigenvalue weighted by molar-refractivity contribution is 7.89. The average molecular weight is 469 g/mol. The van der Waals surface area contributed by atoms with Crippen molar-refractivity contribution in [3.63, 3.8) is 0 Å². The molecule has 0 aliphatic carbocycles. The second-order valence-electron chi connectivity index (χ2n) is 7.69. The van der Waals surface area contributed by atoms with Crippen LogP contribution < -0.4 is 19.5 Å². The molecule has 0 aliphatic heterocycles. The van der Waals surface area contributed by atoms with Crippen molar-refractivity contribution in [1.82, 2.24) is 4.72 Å². The number of nitrogens with one attached hydrogen (secondary N) is 2. The smallest absolute Gasteiger partial charge is 0.242 e. The first-order valence-electron chi connectivity index (χ1n) is 10.4. The van der Waals surface area contributed by atoms with Crippen molar-refractivity contribution in [1.29, 1.82) is 0 Å². The third kappa shape index (κ3) is 6.12. The van der Waals surface area contributed by atoms with Crippen molar-refractivity contribution in [2.45, 2.75) is 31.2 Å². The van der Waals surface area contributed by atoms with Crippen molar-refractivity contribution >= 4 is 21.6 Å². The maximum Gasteiger partial charge on any atom is 0.242 e. The van der Waals surface area contributed by atoms with E-state index in [1.165, 1.54) is 32.4 Å². The van der Waals surface area contributed by atoms with Gasteiger partial charge in [-0.05, 0) is 49.6 Å². The molecule has 3 aromatic carbocycles. The maximum atomic E-state index is 13.2. The van der Waals surface area contributed by atoms with E-state index in [9.17, 15) is 13.2 Å². The zero-order valence-corrected chi connectivity index (χ0v) is 19.9. The largest absolute Gasteiger partial charge is 0.493 e. The summed E-state index contributed by atoms with van der Waals surface area (Å²) in [5.41, 5.74) is 3.42. The van der Waals surface area contributed by atoms with Gasteiger partial charge in [-0.1, -0.05) is 48.0 Å². The number of benzene rings is 3. The molecule has 0 bridgehead atoms. The molecule has 33 heavy (non-hydrogen) atoms. The molecule has 0 spiro atoms. The highest BCUT2D eigenvalue weighted by Gasteiger charge is 2.27.